The number of sulfone groups is 1. The van der Waals surface area contributed by atoms with E-state index in [0.717, 1.165) is 12.1 Å². The van der Waals surface area contributed by atoms with Gasteiger partial charge in [-0.1, -0.05) is 0 Å². The fourth-order valence-electron chi connectivity index (χ4n) is 2.63. The molecule has 1 aromatic carbocycles. The Balaban J connectivity index is 0.00000264. The highest BCUT2D eigenvalue weighted by atomic mass is 35.5. The van der Waals surface area contributed by atoms with Crippen LogP contribution in [-0.4, -0.2) is 42.1 Å². The van der Waals surface area contributed by atoms with Crippen molar-refractivity contribution in [2.75, 3.05) is 11.5 Å². The number of hydrogen-bond acceptors (Lipinski definition) is 6. The number of hydrogen-bond donors (Lipinski definition) is 2. The van der Waals surface area contributed by atoms with Gasteiger partial charge in [-0.15, -0.1) is 12.4 Å². The molecule has 1 heterocycles. The quantitative estimate of drug-likeness (QED) is 0.590. The Hall–Kier alpha value is -1.36. The summed E-state index contributed by atoms with van der Waals surface area (Å²) in [6.07, 6.45) is -1.29. The minimum Gasteiger partial charge on any atom is -0.391 e. The molecule has 3 N–H and O–H groups in total. The molecule has 0 radical (unpaired) electrons. The number of aliphatic hydroxyl groups is 1. The summed E-state index contributed by atoms with van der Waals surface area (Å²) in [5.41, 5.74) is 4.31. The number of rotatable bonds is 3. The maximum absolute atomic E-state index is 13.6. The second-order valence-corrected chi connectivity index (χ2v) is 7.51. The van der Waals surface area contributed by atoms with Crippen LogP contribution in [0, 0.1) is 27.7 Å². The first-order valence-electron chi connectivity index (χ1n) is 6.37. The second kappa shape index (κ2) is 7.04. The standard InChI is InChI=1S/C12H14F2N2O5S.ClH/c13-8-2-6(3-9(14)11(8)16(18)19)1-7-4-22(20,21)5-10(15)12(7)17;/h2-3,7,10,12,17H,1,4-5,15H2;1H/t7-,10+,12+;/m1./s1. The van der Waals surface area contributed by atoms with Gasteiger partial charge in [-0.3, -0.25) is 10.1 Å². The van der Waals surface area contributed by atoms with E-state index in [-0.39, 0.29) is 35.9 Å². The Labute approximate surface area is 137 Å². The van der Waals surface area contributed by atoms with E-state index in [4.69, 9.17) is 5.73 Å². The van der Waals surface area contributed by atoms with Gasteiger partial charge < -0.3 is 10.8 Å². The SMILES string of the molecule is Cl.N[C@H]1CS(=O)(=O)C[C@@H](Cc2cc(F)c([N+](=O)[O-])c(F)c2)[C@@H]1O. The van der Waals surface area contributed by atoms with E-state index >= 15 is 0 Å². The predicted octanol–water partition coefficient (Wildman–Crippen LogP) is 0.570. The van der Waals surface area contributed by atoms with E-state index in [2.05, 4.69) is 0 Å². The fraction of sp³-hybridized carbons (Fsp3) is 0.500. The van der Waals surface area contributed by atoms with Crippen LogP contribution < -0.4 is 5.73 Å². The molecule has 0 aromatic heterocycles. The van der Waals surface area contributed by atoms with Gasteiger partial charge in [0.1, 0.15) is 0 Å². The first kappa shape index (κ1) is 19.7. The molecule has 0 aliphatic carbocycles. The minimum absolute atomic E-state index is 0. The molecule has 2 rings (SSSR count). The van der Waals surface area contributed by atoms with Crippen LogP contribution in [0.2, 0.25) is 0 Å². The summed E-state index contributed by atoms with van der Waals surface area (Å²) in [7, 11) is -3.46. The van der Waals surface area contributed by atoms with Gasteiger partial charge in [0.2, 0.25) is 11.6 Å². The van der Waals surface area contributed by atoms with Gasteiger partial charge in [-0.25, -0.2) is 8.42 Å². The summed E-state index contributed by atoms with van der Waals surface area (Å²) >= 11 is 0. The summed E-state index contributed by atoms with van der Waals surface area (Å²) in [5, 5.41) is 20.4. The molecule has 0 spiro atoms. The van der Waals surface area contributed by atoms with Crippen LogP contribution in [-0.2, 0) is 16.3 Å². The highest BCUT2D eigenvalue weighted by molar-refractivity contribution is 7.91. The minimum atomic E-state index is -3.46. The van der Waals surface area contributed by atoms with E-state index in [0.29, 0.717) is 0 Å². The molecule has 1 aliphatic heterocycles. The number of nitro benzene ring substituents is 1. The van der Waals surface area contributed by atoms with Gasteiger partial charge in [-0.2, -0.15) is 8.78 Å². The van der Waals surface area contributed by atoms with Crippen molar-refractivity contribution in [3.05, 3.63) is 39.4 Å². The molecular formula is C12H15ClF2N2O5S. The largest absolute Gasteiger partial charge is 0.391 e. The lowest BCUT2D eigenvalue weighted by Gasteiger charge is -2.32. The molecule has 7 nitrogen and oxygen atoms in total. The predicted molar refractivity (Wildman–Crippen MR) is 80.1 cm³/mol. The van der Waals surface area contributed by atoms with E-state index in [1.54, 1.807) is 0 Å². The third-order valence-corrected chi connectivity index (χ3v) is 5.42. The Morgan fingerprint density at radius 3 is 2.30 bits per heavy atom. The van der Waals surface area contributed by atoms with Gasteiger partial charge in [0.25, 0.3) is 0 Å². The lowest BCUT2D eigenvalue weighted by atomic mass is 9.91. The van der Waals surface area contributed by atoms with E-state index < -0.39 is 50.1 Å². The third-order valence-electron chi connectivity index (χ3n) is 3.59. The summed E-state index contributed by atoms with van der Waals surface area (Å²) in [6, 6.07) is 0.554. The maximum Gasteiger partial charge on any atom is 0.340 e. The smallest absolute Gasteiger partial charge is 0.340 e. The Kier molecular flexibility index (Phi) is 6.02. The van der Waals surface area contributed by atoms with Crippen LogP contribution in [0.3, 0.4) is 0 Å². The van der Waals surface area contributed by atoms with Gasteiger partial charge in [0, 0.05) is 12.0 Å². The molecular weight excluding hydrogens is 358 g/mol. The number of halogens is 3. The van der Waals surface area contributed by atoms with Crippen molar-refractivity contribution in [3.8, 4) is 0 Å². The normalized spacial score (nSPS) is 26.3. The fourth-order valence-corrected chi connectivity index (χ4v) is 4.51. The molecule has 0 bridgehead atoms. The highest BCUT2D eigenvalue weighted by Crippen LogP contribution is 2.27. The average molecular weight is 373 g/mol. The number of aliphatic hydroxyl groups excluding tert-OH is 1. The number of nitrogens with zero attached hydrogens (tertiary/aromatic N) is 1. The van der Waals surface area contributed by atoms with Gasteiger partial charge >= 0.3 is 5.69 Å². The molecule has 11 heteroatoms. The third kappa shape index (κ3) is 4.34. The summed E-state index contributed by atoms with van der Waals surface area (Å²) < 4.78 is 50.4. The van der Waals surface area contributed by atoms with Crippen LogP contribution in [0.4, 0.5) is 14.5 Å². The zero-order valence-corrected chi connectivity index (χ0v) is 13.3. The Morgan fingerprint density at radius 2 is 1.83 bits per heavy atom. The van der Waals surface area contributed by atoms with Crippen molar-refractivity contribution in [1.82, 2.24) is 0 Å². The van der Waals surface area contributed by atoms with Crippen molar-refractivity contribution in [2.24, 2.45) is 11.7 Å². The first-order valence-corrected chi connectivity index (χ1v) is 8.19. The number of nitro groups is 1. The van der Waals surface area contributed by atoms with E-state index in [1.165, 1.54) is 0 Å². The molecule has 1 aliphatic rings. The lowest BCUT2D eigenvalue weighted by molar-refractivity contribution is -0.390. The van der Waals surface area contributed by atoms with Crippen LogP contribution in [0.15, 0.2) is 12.1 Å². The molecule has 0 saturated carbocycles. The lowest BCUT2D eigenvalue weighted by Crippen LogP contribution is -2.52. The van der Waals surface area contributed by atoms with Gasteiger partial charge in [-0.05, 0) is 24.1 Å². The molecule has 23 heavy (non-hydrogen) atoms. The average Bonchev–Trinajstić information content (AvgIpc) is 2.33. The van der Waals surface area contributed by atoms with Crippen molar-refractivity contribution in [1.29, 1.82) is 0 Å². The molecule has 1 fully saturated rings. The van der Waals surface area contributed by atoms with Crippen molar-refractivity contribution in [3.63, 3.8) is 0 Å². The zero-order chi connectivity index (χ0) is 16.7. The van der Waals surface area contributed by atoms with Gasteiger partial charge in [0.15, 0.2) is 9.84 Å². The molecule has 0 unspecified atom stereocenters. The monoisotopic (exact) mass is 372 g/mol. The van der Waals surface area contributed by atoms with Crippen LogP contribution in [0.5, 0.6) is 0 Å². The topological polar surface area (TPSA) is 124 Å². The van der Waals surface area contributed by atoms with Crippen molar-refractivity contribution in [2.45, 2.75) is 18.6 Å². The van der Waals surface area contributed by atoms with E-state index in [1.807, 2.05) is 0 Å². The highest BCUT2D eigenvalue weighted by Gasteiger charge is 2.38. The molecule has 130 valence electrons. The number of benzene rings is 1. The Morgan fingerprint density at radius 1 is 1.30 bits per heavy atom. The van der Waals surface area contributed by atoms with Crippen molar-refractivity contribution < 1.29 is 27.2 Å². The zero-order valence-electron chi connectivity index (χ0n) is 11.7. The van der Waals surface area contributed by atoms with Gasteiger partial charge in [0.05, 0.1) is 22.5 Å². The van der Waals surface area contributed by atoms with Crippen LogP contribution >= 0.6 is 12.4 Å². The molecule has 3 atom stereocenters. The molecule has 1 saturated heterocycles. The molecule has 1 aromatic rings. The van der Waals surface area contributed by atoms with Crippen LogP contribution in [0.1, 0.15) is 5.56 Å². The number of nitrogens with two attached hydrogens (primary N) is 1. The summed E-state index contributed by atoms with van der Waals surface area (Å²) in [6.45, 7) is 0. The molecule has 0 amide bonds. The first-order chi connectivity index (χ1) is 10.1. The summed E-state index contributed by atoms with van der Waals surface area (Å²) in [4.78, 5) is 9.34. The second-order valence-electron chi connectivity index (χ2n) is 5.36. The maximum atomic E-state index is 13.6. The van der Waals surface area contributed by atoms with Crippen LogP contribution in [0.25, 0.3) is 0 Å². The van der Waals surface area contributed by atoms with E-state index in [9.17, 15) is 32.4 Å². The Bertz CT molecular complexity index is 692. The van der Waals surface area contributed by atoms with Crippen molar-refractivity contribution >= 4 is 27.9 Å². The summed E-state index contributed by atoms with van der Waals surface area (Å²) in [5.74, 6) is -4.24.